The van der Waals surface area contributed by atoms with Gasteiger partial charge >= 0.3 is 0 Å². The highest BCUT2D eigenvalue weighted by Crippen LogP contribution is 2.16. The smallest absolute Gasteiger partial charge is 0.0633 e. The molecule has 0 aliphatic carbocycles. The van der Waals surface area contributed by atoms with Crippen LogP contribution in [0.25, 0.3) is 0 Å². The van der Waals surface area contributed by atoms with Crippen molar-refractivity contribution in [3.63, 3.8) is 0 Å². The summed E-state index contributed by atoms with van der Waals surface area (Å²) >= 11 is 0. The number of benzene rings is 1. The molecule has 1 aliphatic rings. The molecule has 1 heterocycles. The van der Waals surface area contributed by atoms with Gasteiger partial charge in [0.1, 0.15) is 0 Å². The Morgan fingerprint density at radius 1 is 1.31 bits per heavy atom. The highest BCUT2D eigenvalue weighted by atomic mass is 14.9. The third kappa shape index (κ3) is 2.31. The molecule has 1 saturated heterocycles. The number of aryl methyl sites for hydroxylation is 1. The first kappa shape index (κ1) is 10.9. The van der Waals surface area contributed by atoms with Gasteiger partial charge in [0, 0.05) is 24.9 Å². The van der Waals surface area contributed by atoms with Gasteiger partial charge in [-0.1, -0.05) is 19.1 Å². The summed E-state index contributed by atoms with van der Waals surface area (Å²) in [6.07, 6.45) is 2.70. The van der Waals surface area contributed by atoms with E-state index in [1.807, 2.05) is 0 Å². The molecule has 0 atom stereocenters. The molecule has 3 nitrogen and oxygen atoms in total. The normalized spacial score (nSPS) is 20.8. The Kier molecular flexibility index (Phi) is 3.37. The molecular weight excluding hydrogens is 198 g/mol. The van der Waals surface area contributed by atoms with Gasteiger partial charge in [0.05, 0.1) is 11.4 Å². The van der Waals surface area contributed by atoms with E-state index in [2.05, 4.69) is 41.5 Å². The Hall–Kier alpha value is -1.61. The lowest BCUT2D eigenvalue weighted by molar-refractivity contribution is 0.906. The van der Waals surface area contributed by atoms with Gasteiger partial charge in [0.15, 0.2) is 0 Å². The summed E-state index contributed by atoms with van der Waals surface area (Å²) in [4.78, 5) is 4.59. The summed E-state index contributed by atoms with van der Waals surface area (Å²) in [5.41, 5.74) is 10.0. The number of nitrogens with two attached hydrogens (primary N) is 1. The van der Waals surface area contributed by atoms with Gasteiger partial charge in [-0.05, 0) is 24.1 Å². The van der Waals surface area contributed by atoms with Crippen LogP contribution in [0.2, 0.25) is 0 Å². The van der Waals surface area contributed by atoms with E-state index in [1.54, 1.807) is 6.20 Å². The van der Waals surface area contributed by atoms with Crippen LogP contribution < -0.4 is 11.1 Å². The summed E-state index contributed by atoms with van der Waals surface area (Å²) in [5, 5.41) is 3.24. The van der Waals surface area contributed by atoms with E-state index in [0.717, 1.165) is 36.5 Å². The molecule has 0 bridgehead atoms. The number of nitrogens with one attached hydrogen (secondary N) is 1. The third-order valence-electron chi connectivity index (χ3n) is 2.79. The molecule has 0 aromatic heterocycles. The first-order valence-corrected chi connectivity index (χ1v) is 5.62. The van der Waals surface area contributed by atoms with Crippen molar-refractivity contribution in [1.82, 2.24) is 5.32 Å². The fraction of sp³-hybridized carbons (Fsp3) is 0.308. The predicted molar refractivity (Wildman–Crippen MR) is 68.1 cm³/mol. The van der Waals surface area contributed by atoms with Crippen molar-refractivity contribution in [2.75, 3.05) is 13.1 Å². The zero-order valence-corrected chi connectivity index (χ0v) is 9.53. The molecule has 0 unspecified atom stereocenters. The summed E-state index contributed by atoms with van der Waals surface area (Å²) in [6.45, 7) is 3.78. The van der Waals surface area contributed by atoms with E-state index in [4.69, 9.17) is 5.73 Å². The van der Waals surface area contributed by atoms with E-state index in [0.29, 0.717) is 0 Å². The molecule has 1 fully saturated rings. The molecular formula is C13H17N3. The number of hydrogen-bond donors (Lipinski definition) is 2. The van der Waals surface area contributed by atoms with Crippen LogP contribution in [0.3, 0.4) is 0 Å². The fourth-order valence-electron chi connectivity index (χ4n) is 1.76. The van der Waals surface area contributed by atoms with Crippen LogP contribution in [0.4, 0.5) is 5.69 Å². The summed E-state index contributed by atoms with van der Waals surface area (Å²) in [7, 11) is 0. The molecule has 1 aromatic carbocycles. The van der Waals surface area contributed by atoms with Crippen LogP contribution in [0, 0.1) is 0 Å². The summed E-state index contributed by atoms with van der Waals surface area (Å²) in [6, 6.07) is 8.35. The lowest BCUT2D eigenvalue weighted by Crippen LogP contribution is -2.07. The topological polar surface area (TPSA) is 50.4 Å². The predicted octanol–water partition coefficient (Wildman–Crippen LogP) is 1.77. The number of rotatable bonds is 2. The molecule has 1 aliphatic heterocycles. The van der Waals surface area contributed by atoms with Crippen molar-refractivity contribution >= 4 is 11.4 Å². The monoisotopic (exact) mass is 215 g/mol. The van der Waals surface area contributed by atoms with Crippen molar-refractivity contribution in [3.05, 3.63) is 41.6 Å². The van der Waals surface area contributed by atoms with E-state index < -0.39 is 0 Å². The average Bonchev–Trinajstić information content (AvgIpc) is 2.77. The molecule has 0 saturated carbocycles. The number of hydrogen-bond acceptors (Lipinski definition) is 3. The van der Waals surface area contributed by atoms with Crippen LogP contribution >= 0.6 is 0 Å². The molecule has 3 heteroatoms. The molecule has 0 radical (unpaired) electrons. The van der Waals surface area contributed by atoms with Crippen LogP contribution in [0.15, 0.2) is 41.0 Å². The lowest BCUT2D eigenvalue weighted by atomic mass is 10.1. The lowest BCUT2D eigenvalue weighted by Gasteiger charge is -2.00. The zero-order chi connectivity index (χ0) is 11.4. The van der Waals surface area contributed by atoms with Crippen molar-refractivity contribution in [2.24, 2.45) is 10.7 Å². The van der Waals surface area contributed by atoms with Crippen LogP contribution in [0.5, 0.6) is 0 Å². The van der Waals surface area contributed by atoms with Gasteiger partial charge < -0.3 is 11.1 Å². The van der Waals surface area contributed by atoms with Crippen molar-refractivity contribution in [1.29, 1.82) is 0 Å². The Balaban J connectivity index is 2.22. The molecule has 0 amide bonds. The van der Waals surface area contributed by atoms with E-state index >= 15 is 0 Å². The molecule has 2 rings (SSSR count). The van der Waals surface area contributed by atoms with Crippen molar-refractivity contribution < 1.29 is 0 Å². The molecule has 1 aromatic rings. The van der Waals surface area contributed by atoms with Crippen LogP contribution in [-0.4, -0.2) is 18.8 Å². The maximum absolute atomic E-state index is 5.54. The first-order chi connectivity index (χ1) is 7.83. The average molecular weight is 215 g/mol. The van der Waals surface area contributed by atoms with Gasteiger partial charge in [-0.15, -0.1) is 0 Å². The summed E-state index contributed by atoms with van der Waals surface area (Å²) in [5.74, 6) is 0. The molecule has 16 heavy (non-hydrogen) atoms. The maximum Gasteiger partial charge on any atom is 0.0633 e. The first-order valence-electron chi connectivity index (χ1n) is 5.62. The second-order valence-corrected chi connectivity index (χ2v) is 3.87. The molecule has 3 N–H and O–H groups in total. The summed E-state index contributed by atoms with van der Waals surface area (Å²) < 4.78 is 0. The minimum atomic E-state index is 0.804. The third-order valence-corrected chi connectivity index (χ3v) is 2.79. The van der Waals surface area contributed by atoms with Gasteiger partial charge in [0.25, 0.3) is 0 Å². The van der Waals surface area contributed by atoms with Gasteiger partial charge in [-0.3, -0.25) is 4.99 Å². The van der Waals surface area contributed by atoms with Crippen LogP contribution in [-0.2, 0) is 6.42 Å². The number of nitrogens with zero attached hydrogens (tertiary/aromatic N) is 1. The SMILES string of the molecule is CCc1ccc(N=C2CNCC2=CN)cc1. The quantitative estimate of drug-likeness (QED) is 0.790. The highest BCUT2D eigenvalue weighted by Gasteiger charge is 2.13. The Morgan fingerprint density at radius 2 is 2.06 bits per heavy atom. The fourth-order valence-corrected chi connectivity index (χ4v) is 1.76. The van der Waals surface area contributed by atoms with Gasteiger partial charge in [-0.25, -0.2) is 0 Å². The molecule has 0 spiro atoms. The minimum absolute atomic E-state index is 0.804. The molecule has 84 valence electrons. The maximum atomic E-state index is 5.54. The van der Waals surface area contributed by atoms with Crippen molar-refractivity contribution in [2.45, 2.75) is 13.3 Å². The standard InChI is InChI=1S/C13H17N3/c1-2-10-3-5-12(6-4-10)16-13-9-15-8-11(13)7-14/h3-7,15H,2,8-9,14H2,1H3. The number of aliphatic imine (C=N–C) groups is 1. The van der Waals surface area contributed by atoms with E-state index in [9.17, 15) is 0 Å². The van der Waals surface area contributed by atoms with E-state index in [-0.39, 0.29) is 0 Å². The minimum Gasteiger partial charge on any atom is -0.404 e. The van der Waals surface area contributed by atoms with Crippen molar-refractivity contribution in [3.8, 4) is 0 Å². The van der Waals surface area contributed by atoms with E-state index in [1.165, 1.54) is 5.56 Å². The Morgan fingerprint density at radius 3 is 2.69 bits per heavy atom. The zero-order valence-electron chi connectivity index (χ0n) is 9.53. The largest absolute Gasteiger partial charge is 0.404 e. The van der Waals surface area contributed by atoms with Gasteiger partial charge in [0.2, 0.25) is 0 Å². The Bertz CT molecular complexity index is 415. The Labute approximate surface area is 96.1 Å². The second-order valence-electron chi connectivity index (χ2n) is 3.87. The van der Waals surface area contributed by atoms with Crippen LogP contribution in [0.1, 0.15) is 12.5 Å². The second kappa shape index (κ2) is 4.94. The van der Waals surface area contributed by atoms with Gasteiger partial charge in [-0.2, -0.15) is 0 Å². The highest BCUT2D eigenvalue weighted by molar-refractivity contribution is 6.05.